The first kappa shape index (κ1) is 16.7. The standard InChI is InChI=1S/C17H27NO2S/c1-3-5-14-7-9-15(10-8-14)17(18-2)13-21(19)12-16-6-4-11-20-16/h7-10,16-18H,3-6,11-13H2,1-2H3. The van der Waals surface area contributed by atoms with Gasteiger partial charge in [0.2, 0.25) is 0 Å². The zero-order valence-electron chi connectivity index (χ0n) is 13.1. The third-order valence-electron chi connectivity index (χ3n) is 4.02. The van der Waals surface area contributed by atoms with Crippen molar-refractivity contribution in [1.82, 2.24) is 5.32 Å². The first-order valence-electron chi connectivity index (χ1n) is 7.95. The van der Waals surface area contributed by atoms with Crippen LogP contribution in [0, 0.1) is 0 Å². The number of rotatable bonds is 8. The Bertz CT molecular complexity index is 441. The molecule has 1 aliphatic rings. The van der Waals surface area contributed by atoms with Crippen molar-refractivity contribution in [2.24, 2.45) is 0 Å². The second-order valence-electron chi connectivity index (χ2n) is 5.74. The van der Waals surface area contributed by atoms with Crippen molar-refractivity contribution < 1.29 is 8.95 Å². The molecule has 21 heavy (non-hydrogen) atoms. The van der Waals surface area contributed by atoms with Crippen molar-refractivity contribution in [2.75, 3.05) is 25.2 Å². The number of benzene rings is 1. The molecule has 3 unspecified atom stereocenters. The van der Waals surface area contributed by atoms with Crippen LogP contribution in [0.3, 0.4) is 0 Å². The van der Waals surface area contributed by atoms with E-state index in [0.29, 0.717) is 11.5 Å². The fraction of sp³-hybridized carbons (Fsp3) is 0.647. The number of aryl methyl sites for hydroxylation is 1. The summed E-state index contributed by atoms with van der Waals surface area (Å²) < 4.78 is 17.9. The van der Waals surface area contributed by atoms with Crippen LogP contribution >= 0.6 is 0 Å². The Balaban J connectivity index is 1.90. The Labute approximate surface area is 130 Å². The van der Waals surface area contributed by atoms with Crippen LogP contribution < -0.4 is 5.32 Å². The molecular weight excluding hydrogens is 282 g/mol. The fourth-order valence-electron chi connectivity index (χ4n) is 2.79. The van der Waals surface area contributed by atoms with E-state index < -0.39 is 10.8 Å². The van der Waals surface area contributed by atoms with Crippen molar-refractivity contribution in [3.63, 3.8) is 0 Å². The summed E-state index contributed by atoms with van der Waals surface area (Å²) in [4.78, 5) is 0. The Morgan fingerprint density at radius 2 is 2.14 bits per heavy atom. The third-order valence-corrected chi connectivity index (χ3v) is 5.47. The van der Waals surface area contributed by atoms with E-state index in [4.69, 9.17) is 4.74 Å². The molecule has 0 spiro atoms. The van der Waals surface area contributed by atoms with E-state index in [1.165, 1.54) is 17.5 Å². The molecule has 1 fully saturated rings. The summed E-state index contributed by atoms with van der Waals surface area (Å²) in [6.45, 7) is 3.02. The highest BCUT2D eigenvalue weighted by atomic mass is 32.2. The molecule has 0 saturated carbocycles. The molecule has 0 amide bonds. The molecule has 1 aliphatic heterocycles. The summed E-state index contributed by atoms with van der Waals surface area (Å²) in [5, 5.41) is 3.29. The minimum absolute atomic E-state index is 0.155. The number of hydrogen-bond donors (Lipinski definition) is 1. The molecule has 2 rings (SSSR count). The summed E-state index contributed by atoms with van der Waals surface area (Å²) in [6, 6.07) is 8.85. The molecule has 0 bridgehead atoms. The highest BCUT2D eigenvalue weighted by molar-refractivity contribution is 7.85. The lowest BCUT2D eigenvalue weighted by atomic mass is 10.0. The van der Waals surface area contributed by atoms with Crippen LogP contribution in [-0.4, -0.2) is 35.5 Å². The second-order valence-corrected chi connectivity index (χ2v) is 7.29. The average Bonchev–Trinajstić information content (AvgIpc) is 2.99. The van der Waals surface area contributed by atoms with Crippen LogP contribution in [0.15, 0.2) is 24.3 Å². The van der Waals surface area contributed by atoms with Gasteiger partial charge in [-0.25, -0.2) is 0 Å². The maximum Gasteiger partial charge on any atom is 0.0691 e. The Morgan fingerprint density at radius 3 is 2.71 bits per heavy atom. The lowest BCUT2D eigenvalue weighted by Gasteiger charge is -2.18. The Morgan fingerprint density at radius 1 is 1.38 bits per heavy atom. The first-order valence-corrected chi connectivity index (χ1v) is 9.44. The van der Waals surface area contributed by atoms with Crippen molar-refractivity contribution in [3.8, 4) is 0 Å². The Kier molecular flexibility index (Phi) is 6.87. The van der Waals surface area contributed by atoms with E-state index in [0.717, 1.165) is 25.9 Å². The van der Waals surface area contributed by atoms with Crippen molar-refractivity contribution in [3.05, 3.63) is 35.4 Å². The summed E-state index contributed by atoms with van der Waals surface area (Å²) in [5.41, 5.74) is 2.59. The second kappa shape index (κ2) is 8.66. The third kappa shape index (κ3) is 5.20. The van der Waals surface area contributed by atoms with Crippen LogP contribution in [0.2, 0.25) is 0 Å². The highest BCUT2D eigenvalue weighted by Gasteiger charge is 2.20. The van der Waals surface area contributed by atoms with Gasteiger partial charge >= 0.3 is 0 Å². The van der Waals surface area contributed by atoms with E-state index in [2.05, 4.69) is 36.5 Å². The SMILES string of the molecule is CCCc1ccc(C(CS(=O)CC2CCCO2)NC)cc1. The van der Waals surface area contributed by atoms with Gasteiger partial charge in [0.15, 0.2) is 0 Å². The van der Waals surface area contributed by atoms with Gasteiger partial charge in [-0.2, -0.15) is 0 Å². The van der Waals surface area contributed by atoms with Gasteiger partial charge in [0, 0.05) is 35.0 Å². The van der Waals surface area contributed by atoms with Gasteiger partial charge in [-0.05, 0) is 37.4 Å². The van der Waals surface area contributed by atoms with E-state index in [-0.39, 0.29) is 12.1 Å². The molecule has 1 aromatic carbocycles. The van der Waals surface area contributed by atoms with Crippen molar-refractivity contribution >= 4 is 10.8 Å². The fourth-order valence-corrected chi connectivity index (χ4v) is 4.33. The smallest absolute Gasteiger partial charge is 0.0691 e. The van der Waals surface area contributed by atoms with E-state index >= 15 is 0 Å². The topological polar surface area (TPSA) is 38.3 Å². The quantitative estimate of drug-likeness (QED) is 0.802. The molecule has 1 saturated heterocycles. The molecule has 0 radical (unpaired) electrons. The normalized spacial score (nSPS) is 21.3. The van der Waals surface area contributed by atoms with E-state index in [1.54, 1.807) is 0 Å². The summed E-state index contributed by atoms with van der Waals surface area (Å²) >= 11 is 0. The van der Waals surface area contributed by atoms with Gasteiger partial charge in [0.25, 0.3) is 0 Å². The van der Waals surface area contributed by atoms with Crippen LogP contribution in [0.25, 0.3) is 0 Å². The maximum absolute atomic E-state index is 12.3. The van der Waals surface area contributed by atoms with Gasteiger partial charge < -0.3 is 10.1 Å². The highest BCUT2D eigenvalue weighted by Crippen LogP contribution is 2.18. The van der Waals surface area contributed by atoms with Gasteiger partial charge in [-0.15, -0.1) is 0 Å². The van der Waals surface area contributed by atoms with Crippen LogP contribution in [0.1, 0.15) is 43.4 Å². The maximum atomic E-state index is 12.3. The van der Waals surface area contributed by atoms with Gasteiger partial charge in [0.1, 0.15) is 0 Å². The minimum atomic E-state index is -0.837. The predicted molar refractivity (Wildman–Crippen MR) is 89.1 cm³/mol. The summed E-state index contributed by atoms with van der Waals surface area (Å²) in [6.07, 6.45) is 4.66. The lowest BCUT2D eigenvalue weighted by molar-refractivity contribution is 0.128. The Hall–Kier alpha value is -0.710. The monoisotopic (exact) mass is 309 g/mol. The van der Waals surface area contributed by atoms with Crippen molar-refractivity contribution in [1.29, 1.82) is 0 Å². The molecule has 118 valence electrons. The molecule has 0 aromatic heterocycles. The summed E-state index contributed by atoms with van der Waals surface area (Å²) in [7, 11) is 1.10. The van der Waals surface area contributed by atoms with E-state index in [1.807, 2.05) is 7.05 Å². The molecule has 1 heterocycles. The molecular formula is C17H27NO2S. The minimum Gasteiger partial charge on any atom is -0.377 e. The molecule has 1 aromatic rings. The molecule has 1 N–H and O–H groups in total. The number of ether oxygens (including phenoxy) is 1. The van der Waals surface area contributed by atoms with Crippen LogP contribution in [-0.2, 0) is 22.0 Å². The summed E-state index contributed by atoms with van der Waals surface area (Å²) in [5.74, 6) is 1.33. The van der Waals surface area contributed by atoms with Gasteiger partial charge in [0.05, 0.1) is 6.10 Å². The zero-order valence-corrected chi connectivity index (χ0v) is 14.0. The number of nitrogens with one attached hydrogen (secondary N) is 1. The molecule has 4 heteroatoms. The van der Waals surface area contributed by atoms with Gasteiger partial charge in [-0.3, -0.25) is 4.21 Å². The van der Waals surface area contributed by atoms with Crippen molar-refractivity contribution in [2.45, 2.75) is 44.8 Å². The average molecular weight is 309 g/mol. The zero-order chi connectivity index (χ0) is 15.1. The predicted octanol–water partition coefficient (Wildman–Crippen LogP) is 2.83. The first-order chi connectivity index (χ1) is 10.2. The largest absolute Gasteiger partial charge is 0.377 e. The molecule has 0 aliphatic carbocycles. The van der Waals surface area contributed by atoms with Gasteiger partial charge in [-0.1, -0.05) is 37.6 Å². The molecule has 3 atom stereocenters. The van der Waals surface area contributed by atoms with Crippen LogP contribution in [0.4, 0.5) is 0 Å². The van der Waals surface area contributed by atoms with Crippen LogP contribution in [0.5, 0.6) is 0 Å². The number of hydrogen-bond acceptors (Lipinski definition) is 3. The van der Waals surface area contributed by atoms with E-state index in [9.17, 15) is 4.21 Å². The lowest BCUT2D eigenvalue weighted by Crippen LogP contribution is -2.26. The molecule has 3 nitrogen and oxygen atoms in total.